The van der Waals surface area contributed by atoms with Crippen molar-refractivity contribution in [3.05, 3.63) is 21.8 Å². The minimum Gasteiger partial charge on any atom is -0.431 e. The number of hydrogen-bond donors (Lipinski definition) is 0. The number of furan rings is 1. The molecule has 21 heavy (non-hydrogen) atoms. The Balaban J connectivity index is 2.22. The first-order valence-electron chi connectivity index (χ1n) is 6.52. The SMILES string of the molecule is CCn1nc2oc(-c3nn(C(C)=O)c(=O)o3)c(C)c2c1C. The van der Waals surface area contributed by atoms with E-state index in [0.717, 1.165) is 23.2 Å². The van der Waals surface area contributed by atoms with Gasteiger partial charge in [0.2, 0.25) is 11.6 Å². The van der Waals surface area contributed by atoms with Crippen LogP contribution >= 0.6 is 0 Å². The van der Waals surface area contributed by atoms with Crippen molar-refractivity contribution < 1.29 is 13.6 Å². The molecule has 0 aliphatic heterocycles. The van der Waals surface area contributed by atoms with E-state index in [2.05, 4.69) is 10.2 Å². The van der Waals surface area contributed by atoms with Crippen LogP contribution in [0.2, 0.25) is 0 Å². The van der Waals surface area contributed by atoms with Crippen molar-refractivity contribution >= 4 is 17.0 Å². The van der Waals surface area contributed by atoms with Crippen LogP contribution in [0.25, 0.3) is 22.8 Å². The Kier molecular flexibility index (Phi) is 2.82. The normalized spacial score (nSPS) is 11.4. The van der Waals surface area contributed by atoms with Crippen molar-refractivity contribution in [3.8, 4) is 11.7 Å². The van der Waals surface area contributed by atoms with Crippen molar-refractivity contribution in [2.75, 3.05) is 0 Å². The van der Waals surface area contributed by atoms with Crippen LogP contribution in [0.5, 0.6) is 0 Å². The highest BCUT2D eigenvalue weighted by molar-refractivity contribution is 5.86. The van der Waals surface area contributed by atoms with Crippen LogP contribution < -0.4 is 5.76 Å². The molecular formula is C13H14N4O4. The van der Waals surface area contributed by atoms with Gasteiger partial charge in [-0.2, -0.15) is 0 Å². The molecule has 0 aromatic carbocycles. The van der Waals surface area contributed by atoms with Gasteiger partial charge < -0.3 is 8.83 Å². The van der Waals surface area contributed by atoms with Crippen molar-refractivity contribution in [2.24, 2.45) is 0 Å². The summed E-state index contributed by atoms with van der Waals surface area (Å²) >= 11 is 0. The molecule has 3 aromatic rings. The Labute approximate surface area is 118 Å². The number of carbonyl (C=O) groups is 1. The Morgan fingerprint density at radius 2 is 1.95 bits per heavy atom. The molecule has 0 fully saturated rings. The fourth-order valence-corrected chi connectivity index (χ4v) is 2.39. The number of rotatable bonds is 2. The zero-order chi connectivity index (χ0) is 15.3. The highest BCUT2D eigenvalue weighted by atomic mass is 16.4. The van der Waals surface area contributed by atoms with Gasteiger partial charge in [-0.3, -0.25) is 9.48 Å². The lowest BCUT2D eigenvalue weighted by atomic mass is 10.2. The summed E-state index contributed by atoms with van der Waals surface area (Å²) in [5, 5.41) is 9.05. The maximum absolute atomic E-state index is 11.5. The fraction of sp³-hybridized carbons (Fsp3) is 0.385. The second-order valence-electron chi connectivity index (χ2n) is 4.74. The molecule has 0 radical (unpaired) electrons. The van der Waals surface area contributed by atoms with E-state index >= 15 is 0 Å². The predicted molar refractivity (Wildman–Crippen MR) is 73.2 cm³/mol. The molecule has 3 heterocycles. The first kappa shape index (κ1) is 13.3. The summed E-state index contributed by atoms with van der Waals surface area (Å²) in [4.78, 5) is 22.8. The zero-order valence-corrected chi connectivity index (χ0v) is 12.1. The minimum absolute atomic E-state index is 0.0202. The van der Waals surface area contributed by atoms with Gasteiger partial charge in [0, 0.05) is 24.7 Å². The standard InChI is InChI=1S/C13H14N4O4/c1-5-16-7(3)9-6(2)10(20-11(9)14-16)12-15-17(8(4)18)13(19)21-12/h5H2,1-4H3. The van der Waals surface area contributed by atoms with Crippen molar-refractivity contribution in [3.63, 3.8) is 0 Å². The van der Waals surface area contributed by atoms with E-state index in [1.807, 2.05) is 25.5 Å². The van der Waals surface area contributed by atoms with E-state index in [1.54, 1.807) is 0 Å². The van der Waals surface area contributed by atoms with Crippen LogP contribution in [0.4, 0.5) is 0 Å². The number of fused-ring (bicyclic) bond motifs is 1. The third-order valence-corrected chi connectivity index (χ3v) is 3.43. The van der Waals surface area contributed by atoms with Crippen LogP contribution in [0.1, 0.15) is 29.9 Å². The summed E-state index contributed by atoms with van der Waals surface area (Å²) in [5.41, 5.74) is 2.20. The summed E-state index contributed by atoms with van der Waals surface area (Å²) in [6.07, 6.45) is 0. The van der Waals surface area contributed by atoms with E-state index in [-0.39, 0.29) is 5.89 Å². The van der Waals surface area contributed by atoms with Crippen LogP contribution in [-0.4, -0.2) is 25.5 Å². The van der Waals surface area contributed by atoms with E-state index < -0.39 is 11.7 Å². The first-order chi connectivity index (χ1) is 9.93. The Bertz CT molecular complexity index is 909. The Morgan fingerprint density at radius 3 is 2.48 bits per heavy atom. The van der Waals surface area contributed by atoms with E-state index in [1.165, 1.54) is 6.92 Å². The molecule has 3 rings (SSSR count). The molecule has 110 valence electrons. The Morgan fingerprint density at radius 1 is 1.24 bits per heavy atom. The van der Waals surface area contributed by atoms with E-state index in [0.29, 0.717) is 16.2 Å². The van der Waals surface area contributed by atoms with Gasteiger partial charge in [0.1, 0.15) is 0 Å². The summed E-state index contributed by atoms with van der Waals surface area (Å²) in [6, 6.07) is 0. The second-order valence-corrected chi connectivity index (χ2v) is 4.74. The summed E-state index contributed by atoms with van der Waals surface area (Å²) in [7, 11) is 0. The lowest BCUT2D eigenvalue weighted by molar-refractivity contribution is 0.0913. The van der Waals surface area contributed by atoms with E-state index in [9.17, 15) is 9.59 Å². The number of aryl methyl sites for hydroxylation is 3. The Hall–Kier alpha value is -2.64. The molecule has 0 amide bonds. The number of aromatic nitrogens is 4. The molecule has 0 spiro atoms. The molecule has 0 N–H and O–H groups in total. The largest absolute Gasteiger partial charge is 0.444 e. The first-order valence-corrected chi connectivity index (χ1v) is 6.52. The van der Waals surface area contributed by atoms with Crippen molar-refractivity contribution in [1.82, 2.24) is 19.6 Å². The smallest absolute Gasteiger partial charge is 0.431 e. The van der Waals surface area contributed by atoms with Crippen LogP contribution in [0, 0.1) is 13.8 Å². The molecule has 8 nitrogen and oxygen atoms in total. The molecule has 0 bridgehead atoms. The molecule has 0 aliphatic carbocycles. The van der Waals surface area contributed by atoms with Crippen molar-refractivity contribution in [2.45, 2.75) is 34.2 Å². The van der Waals surface area contributed by atoms with E-state index in [4.69, 9.17) is 8.83 Å². The maximum atomic E-state index is 11.5. The topological polar surface area (TPSA) is 96.1 Å². The molecule has 0 aliphatic rings. The molecule has 8 heteroatoms. The van der Waals surface area contributed by atoms with Crippen molar-refractivity contribution in [1.29, 1.82) is 0 Å². The number of hydrogen-bond acceptors (Lipinski definition) is 6. The predicted octanol–water partition coefficient (Wildman–Crippen LogP) is 1.74. The fourth-order valence-electron chi connectivity index (χ4n) is 2.39. The molecule has 0 saturated heterocycles. The summed E-state index contributed by atoms with van der Waals surface area (Å²) < 4.78 is 13.1. The van der Waals surface area contributed by atoms with Gasteiger partial charge in [-0.15, -0.1) is 14.9 Å². The number of carbonyl (C=O) groups excluding carboxylic acids is 1. The highest BCUT2D eigenvalue weighted by Gasteiger charge is 2.23. The van der Waals surface area contributed by atoms with Crippen LogP contribution in [0.15, 0.2) is 13.6 Å². The molecule has 0 saturated carbocycles. The van der Waals surface area contributed by atoms with Gasteiger partial charge in [0.15, 0.2) is 5.76 Å². The van der Waals surface area contributed by atoms with Gasteiger partial charge >= 0.3 is 5.76 Å². The zero-order valence-electron chi connectivity index (χ0n) is 12.1. The van der Waals surface area contributed by atoms with Gasteiger partial charge in [0.05, 0.1) is 5.39 Å². The van der Waals surface area contributed by atoms with Gasteiger partial charge in [-0.25, -0.2) is 4.79 Å². The van der Waals surface area contributed by atoms with Gasteiger partial charge in [0.25, 0.3) is 5.89 Å². The minimum atomic E-state index is -0.832. The second kappa shape index (κ2) is 4.44. The monoisotopic (exact) mass is 290 g/mol. The van der Waals surface area contributed by atoms with Gasteiger partial charge in [-0.1, -0.05) is 0 Å². The lowest BCUT2D eigenvalue weighted by Gasteiger charge is -1.98. The molecule has 0 atom stereocenters. The average Bonchev–Trinajstić information content (AvgIpc) is 3.05. The quantitative estimate of drug-likeness (QED) is 0.713. The lowest BCUT2D eigenvalue weighted by Crippen LogP contribution is -2.21. The van der Waals surface area contributed by atoms with Crippen LogP contribution in [-0.2, 0) is 6.54 Å². The van der Waals surface area contributed by atoms with Gasteiger partial charge in [-0.05, 0) is 20.8 Å². The summed E-state index contributed by atoms with van der Waals surface area (Å²) in [5.74, 6) is -1.05. The maximum Gasteiger partial charge on any atom is 0.444 e. The molecule has 0 unspecified atom stereocenters. The average molecular weight is 290 g/mol. The third kappa shape index (κ3) is 1.83. The van der Waals surface area contributed by atoms with Crippen LogP contribution in [0.3, 0.4) is 0 Å². The molecule has 3 aromatic heterocycles. The summed E-state index contributed by atoms with van der Waals surface area (Å²) in [6.45, 7) is 7.73. The highest BCUT2D eigenvalue weighted by Crippen LogP contribution is 2.33. The third-order valence-electron chi connectivity index (χ3n) is 3.43. The number of nitrogens with zero attached hydrogens (tertiary/aromatic N) is 4. The molecular weight excluding hydrogens is 276 g/mol.